The van der Waals surface area contributed by atoms with Gasteiger partial charge >= 0.3 is 5.97 Å². The van der Waals surface area contributed by atoms with Crippen LogP contribution in [0.15, 0.2) is 32.7 Å². The third kappa shape index (κ3) is 4.59. The number of anilines is 1. The Morgan fingerprint density at radius 3 is 2.76 bits per heavy atom. The zero-order chi connectivity index (χ0) is 21.1. The molecule has 6 nitrogen and oxygen atoms in total. The average Bonchev–Trinajstić information content (AvgIpc) is 3.05. The number of ether oxygens (including phenoxy) is 1. The number of aromatic amines is 1. The van der Waals surface area contributed by atoms with E-state index >= 15 is 0 Å². The van der Waals surface area contributed by atoms with Gasteiger partial charge in [0.25, 0.3) is 5.56 Å². The molecule has 0 saturated carbocycles. The summed E-state index contributed by atoms with van der Waals surface area (Å²) in [7, 11) is 0. The maximum absolute atomic E-state index is 13.1. The molecule has 2 aromatic rings. The maximum Gasteiger partial charge on any atom is 0.337 e. The molecule has 1 atom stereocenters. The highest BCUT2D eigenvalue weighted by Crippen LogP contribution is 2.43. The van der Waals surface area contributed by atoms with Crippen LogP contribution in [0.25, 0.3) is 0 Å². The second kappa shape index (κ2) is 9.17. The van der Waals surface area contributed by atoms with Gasteiger partial charge in [0.05, 0.1) is 23.2 Å². The molecule has 156 valence electrons. The molecule has 0 bridgehead atoms. The zero-order valence-electron chi connectivity index (χ0n) is 17.4. The smallest absolute Gasteiger partial charge is 0.337 e. The molecular formula is C21H27N3O3S2. The molecule has 1 aliphatic heterocycles. The molecule has 0 unspecified atom stereocenters. The number of hydrogen-bond acceptors (Lipinski definition) is 7. The number of rotatable bonds is 7. The van der Waals surface area contributed by atoms with E-state index in [0.29, 0.717) is 27.8 Å². The Morgan fingerprint density at radius 2 is 2.14 bits per heavy atom. The van der Waals surface area contributed by atoms with E-state index in [0.717, 1.165) is 29.0 Å². The van der Waals surface area contributed by atoms with Gasteiger partial charge in [0.2, 0.25) is 0 Å². The molecule has 2 aromatic heterocycles. The highest BCUT2D eigenvalue weighted by atomic mass is 32.2. The van der Waals surface area contributed by atoms with E-state index in [2.05, 4.69) is 22.2 Å². The summed E-state index contributed by atoms with van der Waals surface area (Å²) in [4.78, 5) is 34.6. The lowest BCUT2D eigenvalue weighted by molar-refractivity contribution is -0.142. The van der Waals surface area contributed by atoms with Crippen molar-refractivity contribution in [1.29, 1.82) is 0 Å². The number of nitrogens with zero attached hydrogens (tertiary/aromatic N) is 1. The topological polar surface area (TPSA) is 84.1 Å². The first-order valence-electron chi connectivity index (χ1n) is 9.83. The zero-order valence-corrected chi connectivity index (χ0v) is 19.1. The summed E-state index contributed by atoms with van der Waals surface area (Å²) in [5, 5.41) is 5.76. The number of nitrogens with one attached hydrogen (secondary N) is 2. The highest BCUT2D eigenvalue weighted by molar-refractivity contribution is 7.99. The van der Waals surface area contributed by atoms with Crippen molar-refractivity contribution in [1.82, 2.24) is 9.97 Å². The third-order valence-electron chi connectivity index (χ3n) is 4.68. The summed E-state index contributed by atoms with van der Waals surface area (Å²) in [5.41, 5.74) is 2.42. The molecule has 0 amide bonds. The molecule has 3 rings (SSSR count). The molecule has 1 aliphatic rings. The number of esters is 1. The number of hydrogen-bond donors (Lipinski definition) is 2. The van der Waals surface area contributed by atoms with Crippen LogP contribution in [0.1, 0.15) is 62.5 Å². The molecule has 0 radical (unpaired) electrons. The first-order valence-corrected chi connectivity index (χ1v) is 11.7. The molecule has 8 heteroatoms. The van der Waals surface area contributed by atoms with Crippen molar-refractivity contribution < 1.29 is 9.53 Å². The highest BCUT2D eigenvalue weighted by Gasteiger charge is 2.38. The Balaban J connectivity index is 2.12. The Kier molecular flexibility index (Phi) is 6.85. The van der Waals surface area contributed by atoms with Crippen LogP contribution in [0.2, 0.25) is 0 Å². The normalized spacial score (nSPS) is 16.0. The van der Waals surface area contributed by atoms with Crippen molar-refractivity contribution >= 4 is 34.9 Å². The second-order valence-corrected chi connectivity index (χ2v) is 9.39. The lowest BCUT2D eigenvalue weighted by Crippen LogP contribution is -2.31. The molecule has 2 N–H and O–H groups in total. The van der Waals surface area contributed by atoms with Crippen LogP contribution in [0.4, 0.5) is 5.82 Å². The molecular weight excluding hydrogens is 406 g/mol. The van der Waals surface area contributed by atoms with E-state index in [-0.39, 0.29) is 11.7 Å². The van der Waals surface area contributed by atoms with E-state index in [1.165, 1.54) is 23.1 Å². The Morgan fingerprint density at radius 1 is 1.38 bits per heavy atom. The van der Waals surface area contributed by atoms with Gasteiger partial charge < -0.3 is 15.0 Å². The second-order valence-electron chi connectivity index (χ2n) is 7.35. The minimum atomic E-state index is -0.497. The summed E-state index contributed by atoms with van der Waals surface area (Å²) in [6.45, 7) is 9.59. The van der Waals surface area contributed by atoms with E-state index < -0.39 is 11.9 Å². The number of aromatic nitrogens is 2. The van der Waals surface area contributed by atoms with Crippen LogP contribution in [0.3, 0.4) is 0 Å². The van der Waals surface area contributed by atoms with E-state index in [1.54, 1.807) is 0 Å². The monoisotopic (exact) mass is 433 g/mol. The van der Waals surface area contributed by atoms with Gasteiger partial charge in [-0.1, -0.05) is 25.1 Å². The van der Waals surface area contributed by atoms with E-state index in [9.17, 15) is 9.59 Å². The van der Waals surface area contributed by atoms with Crippen molar-refractivity contribution in [2.45, 2.75) is 64.6 Å². The van der Waals surface area contributed by atoms with Gasteiger partial charge in [0.15, 0.2) is 5.16 Å². The lowest BCUT2D eigenvalue weighted by Gasteiger charge is -2.29. The number of fused-ring (bicyclic) bond motifs is 1. The third-order valence-corrected chi connectivity index (χ3v) is 6.73. The molecule has 29 heavy (non-hydrogen) atoms. The van der Waals surface area contributed by atoms with Crippen LogP contribution in [-0.4, -0.2) is 27.8 Å². The molecule has 0 spiro atoms. The fourth-order valence-corrected chi connectivity index (χ4v) is 5.29. The molecule has 0 saturated heterocycles. The maximum atomic E-state index is 13.1. The van der Waals surface area contributed by atoms with E-state index in [1.807, 2.05) is 39.1 Å². The van der Waals surface area contributed by atoms with Crippen molar-refractivity contribution in [2.24, 2.45) is 0 Å². The first-order chi connectivity index (χ1) is 13.8. The van der Waals surface area contributed by atoms with Gasteiger partial charge in [-0.3, -0.25) is 4.79 Å². The molecule has 0 aromatic carbocycles. The lowest BCUT2D eigenvalue weighted by atomic mass is 9.85. The number of allylic oxidation sites excluding steroid dienone is 1. The Labute approximate surface area is 179 Å². The number of H-pyrrole nitrogens is 1. The fraction of sp³-hybridized carbons (Fsp3) is 0.476. The summed E-state index contributed by atoms with van der Waals surface area (Å²) in [5.74, 6) is 0.508. The number of carbonyl (C=O) groups is 1. The SMILES string of the molecule is CCCCSc1nc2c(c(=O)[nH]1)[C@H](c1sccc1C)C(C(=O)OC(C)C)=C(C)N2. The summed E-state index contributed by atoms with van der Waals surface area (Å²) >= 11 is 3.07. The number of thiophene rings is 1. The number of thioether (sulfide) groups is 1. The minimum Gasteiger partial charge on any atom is -0.460 e. The number of carbonyl (C=O) groups excluding carboxylic acids is 1. The minimum absolute atomic E-state index is 0.221. The Bertz CT molecular complexity index is 991. The van der Waals surface area contributed by atoms with Crippen molar-refractivity contribution in [3.63, 3.8) is 0 Å². The van der Waals surface area contributed by atoms with Crippen LogP contribution < -0.4 is 10.9 Å². The van der Waals surface area contributed by atoms with Gasteiger partial charge in [0, 0.05) is 16.3 Å². The number of unbranched alkanes of at least 4 members (excludes halogenated alkanes) is 1. The summed E-state index contributed by atoms with van der Waals surface area (Å²) in [6.07, 6.45) is 1.90. The van der Waals surface area contributed by atoms with Crippen LogP contribution >= 0.6 is 23.1 Å². The summed E-state index contributed by atoms with van der Waals surface area (Å²) in [6, 6.07) is 2.00. The van der Waals surface area contributed by atoms with Crippen LogP contribution in [0, 0.1) is 6.92 Å². The van der Waals surface area contributed by atoms with Gasteiger partial charge in [-0.2, -0.15) is 0 Å². The van der Waals surface area contributed by atoms with Crippen molar-refractivity contribution in [3.8, 4) is 0 Å². The van der Waals surface area contributed by atoms with Gasteiger partial charge in [-0.25, -0.2) is 9.78 Å². The fourth-order valence-electron chi connectivity index (χ4n) is 3.30. The van der Waals surface area contributed by atoms with Gasteiger partial charge in [-0.05, 0) is 51.1 Å². The predicted octanol–water partition coefficient (Wildman–Crippen LogP) is 4.82. The van der Waals surface area contributed by atoms with Gasteiger partial charge in [0.1, 0.15) is 5.82 Å². The largest absolute Gasteiger partial charge is 0.460 e. The van der Waals surface area contributed by atoms with Crippen LogP contribution in [0.5, 0.6) is 0 Å². The van der Waals surface area contributed by atoms with Crippen molar-refractivity contribution in [2.75, 3.05) is 11.1 Å². The molecule has 0 aliphatic carbocycles. The van der Waals surface area contributed by atoms with Gasteiger partial charge in [-0.15, -0.1) is 11.3 Å². The number of aryl methyl sites for hydroxylation is 1. The van der Waals surface area contributed by atoms with Crippen LogP contribution in [-0.2, 0) is 9.53 Å². The quantitative estimate of drug-likeness (QED) is 0.282. The van der Waals surface area contributed by atoms with Crippen molar-refractivity contribution in [3.05, 3.63) is 49.1 Å². The molecule has 0 fully saturated rings. The average molecular weight is 434 g/mol. The first kappa shape index (κ1) is 21.6. The standard InChI is InChI=1S/C21H27N3O3S2/c1-6-7-9-29-21-23-18-16(19(25)24-21)15(17-12(4)8-10-28-17)14(13(5)22-18)20(26)27-11(2)3/h8,10-11,15H,6-7,9H2,1-5H3,(H2,22,23,24,25)/t15-/m1/s1. The predicted molar refractivity (Wildman–Crippen MR) is 119 cm³/mol. The summed E-state index contributed by atoms with van der Waals surface area (Å²) < 4.78 is 5.50. The Hall–Kier alpha value is -2.06. The van der Waals surface area contributed by atoms with E-state index in [4.69, 9.17) is 4.74 Å². The molecule has 3 heterocycles.